The molecule has 10 heteroatoms. The number of ether oxygens (including phenoxy) is 4. The Hall–Kier alpha value is -4.62. The average Bonchev–Trinajstić information content (AvgIpc) is 3.00. The summed E-state index contributed by atoms with van der Waals surface area (Å²) < 4.78 is 48.6. The summed E-state index contributed by atoms with van der Waals surface area (Å²) in [6.45, 7) is 0. The summed E-state index contributed by atoms with van der Waals surface area (Å²) in [6, 6.07) is 27.3. The number of nitrogens with one attached hydrogen (secondary N) is 1. The maximum absolute atomic E-state index is 15.1. The number of anilines is 1. The predicted octanol–water partition coefficient (Wildman–Crippen LogP) is 6.96. The van der Waals surface area contributed by atoms with Gasteiger partial charge in [0.2, 0.25) is 0 Å². The molecule has 0 radical (unpaired) electrons. The van der Waals surface area contributed by atoms with Crippen LogP contribution in [0.4, 0.5) is 5.69 Å². The van der Waals surface area contributed by atoms with Crippen LogP contribution in [0.15, 0.2) is 97.1 Å². The van der Waals surface area contributed by atoms with Crippen molar-refractivity contribution in [2.24, 2.45) is 0 Å². The van der Waals surface area contributed by atoms with Gasteiger partial charge in [-0.15, -0.1) is 0 Å². The lowest BCUT2D eigenvalue weighted by Crippen LogP contribution is -2.19. The van der Waals surface area contributed by atoms with Crippen LogP contribution in [0.25, 0.3) is 0 Å². The maximum atomic E-state index is 15.1. The minimum Gasteiger partial charge on any atom is -0.497 e. The zero-order chi connectivity index (χ0) is 28.5. The topological polar surface area (TPSA) is 102 Å². The van der Waals surface area contributed by atoms with Crippen LogP contribution in [-0.2, 0) is 9.30 Å². The van der Waals surface area contributed by atoms with Crippen molar-refractivity contribution in [1.82, 2.24) is 0 Å². The van der Waals surface area contributed by atoms with Crippen LogP contribution in [0, 0.1) is 0 Å². The van der Waals surface area contributed by atoms with E-state index in [9.17, 15) is 4.79 Å². The summed E-state index contributed by atoms with van der Waals surface area (Å²) in [5, 5.41) is 3.30. The van der Waals surface area contributed by atoms with Crippen LogP contribution in [0.2, 0.25) is 0 Å². The number of esters is 1. The molecule has 1 atom stereocenters. The number of para-hydroxylation sites is 4. The van der Waals surface area contributed by atoms with Gasteiger partial charge in [-0.25, -0.2) is 9.36 Å². The lowest BCUT2D eigenvalue weighted by Gasteiger charge is -2.30. The largest absolute Gasteiger partial charge is 0.497 e. The Bertz CT molecular complexity index is 1420. The van der Waals surface area contributed by atoms with Crippen LogP contribution in [0.3, 0.4) is 0 Å². The predicted molar refractivity (Wildman–Crippen MR) is 152 cm³/mol. The van der Waals surface area contributed by atoms with Crippen molar-refractivity contribution >= 4 is 19.3 Å². The summed E-state index contributed by atoms with van der Waals surface area (Å²) in [4.78, 5) is 12.1. The van der Waals surface area contributed by atoms with Gasteiger partial charge in [-0.2, -0.15) is 0 Å². The van der Waals surface area contributed by atoms with E-state index in [0.717, 1.165) is 0 Å². The maximum Gasteiger partial charge on any atom is 0.457 e. The van der Waals surface area contributed by atoms with Crippen molar-refractivity contribution in [2.45, 2.75) is 5.78 Å². The van der Waals surface area contributed by atoms with Gasteiger partial charge in [0, 0.05) is 5.69 Å². The van der Waals surface area contributed by atoms with E-state index in [1.165, 1.54) is 21.3 Å². The van der Waals surface area contributed by atoms with Gasteiger partial charge in [-0.3, -0.25) is 0 Å². The molecule has 4 rings (SSSR count). The Kier molecular flexibility index (Phi) is 9.19. The fourth-order valence-corrected chi connectivity index (χ4v) is 5.84. The molecule has 1 N–H and O–H groups in total. The first-order valence-electron chi connectivity index (χ1n) is 12.2. The lowest BCUT2D eigenvalue weighted by atomic mass is 10.1. The second-order valence-corrected chi connectivity index (χ2v) is 10.4. The molecule has 0 aliphatic heterocycles. The molecule has 0 aliphatic carbocycles. The Morgan fingerprint density at radius 3 is 1.60 bits per heavy atom. The molecule has 0 fully saturated rings. The van der Waals surface area contributed by atoms with E-state index in [0.29, 0.717) is 34.1 Å². The third kappa shape index (κ3) is 6.50. The van der Waals surface area contributed by atoms with Crippen molar-refractivity contribution in [1.29, 1.82) is 0 Å². The Balaban J connectivity index is 1.86. The number of benzene rings is 4. The smallest absolute Gasteiger partial charge is 0.457 e. The summed E-state index contributed by atoms with van der Waals surface area (Å²) >= 11 is 0. The lowest BCUT2D eigenvalue weighted by molar-refractivity contribution is 0.0600. The van der Waals surface area contributed by atoms with Gasteiger partial charge < -0.3 is 33.3 Å². The molecule has 9 nitrogen and oxygen atoms in total. The zero-order valence-corrected chi connectivity index (χ0v) is 23.4. The van der Waals surface area contributed by atoms with Crippen molar-refractivity contribution in [3.8, 4) is 28.7 Å². The zero-order valence-electron chi connectivity index (χ0n) is 22.5. The standard InChI is InChI=1S/C30H30NO8P/c1-34-24-19-17-23(18-20-24)31-29(21-13-15-22(16-14-21)30(32)37-4)40(33,38-27-11-7-5-9-25(27)35-2)39-28-12-8-6-10-26(28)36-3/h5-20,29,31H,1-4H3/t29-/m0/s1. The van der Waals surface area contributed by atoms with E-state index < -0.39 is 19.3 Å². The third-order valence-electron chi connectivity index (χ3n) is 5.95. The molecule has 0 saturated carbocycles. The van der Waals surface area contributed by atoms with Gasteiger partial charge in [0.15, 0.2) is 28.8 Å². The number of carbonyl (C=O) groups is 1. The van der Waals surface area contributed by atoms with Crippen LogP contribution in [0.1, 0.15) is 21.7 Å². The molecule has 4 aromatic rings. The minimum absolute atomic E-state index is 0.218. The van der Waals surface area contributed by atoms with Crippen LogP contribution in [0.5, 0.6) is 28.7 Å². The average molecular weight is 564 g/mol. The van der Waals surface area contributed by atoms with Gasteiger partial charge in [0.05, 0.1) is 34.0 Å². The van der Waals surface area contributed by atoms with Gasteiger partial charge in [0.25, 0.3) is 0 Å². The summed E-state index contributed by atoms with van der Waals surface area (Å²) in [6.07, 6.45) is 0. The Labute approximate surface area is 233 Å². The highest BCUT2D eigenvalue weighted by Gasteiger charge is 2.42. The molecule has 4 aromatic carbocycles. The van der Waals surface area contributed by atoms with Gasteiger partial charge >= 0.3 is 13.6 Å². The number of methoxy groups -OCH3 is 4. The molecule has 0 amide bonds. The van der Waals surface area contributed by atoms with Gasteiger partial charge in [-0.1, -0.05) is 36.4 Å². The summed E-state index contributed by atoms with van der Waals surface area (Å²) in [5.41, 5.74) is 1.48. The van der Waals surface area contributed by atoms with E-state index in [-0.39, 0.29) is 11.5 Å². The first-order valence-corrected chi connectivity index (χ1v) is 13.9. The molecular weight excluding hydrogens is 533 g/mol. The second kappa shape index (κ2) is 13.0. The number of rotatable bonds is 12. The molecule has 40 heavy (non-hydrogen) atoms. The van der Waals surface area contributed by atoms with Crippen LogP contribution < -0.4 is 28.6 Å². The fraction of sp³-hybridized carbons (Fsp3) is 0.167. The molecule has 0 spiro atoms. The SMILES string of the molecule is COC(=O)c1ccc([C@@H](Nc2ccc(OC)cc2)P(=O)(Oc2ccccc2OC)Oc2ccccc2OC)cc1. The first kappa shape index (κ1) is 28.4. The molecule has 0 aromatic heterocycles. The monoisotopic (exact) mass is 563 g/mol. The normalized spacial score (nSPS) is 11.6. The van der Waals surface area contributed by atoms with Crippen molar-refractivity contribution in [3.05, 3.63) is 108 Å². The number of hydrogen-bond donors (Lipinski definition) is 1. The van der Waals surface area contributed by atoms with Crippen LogP contribution >= 0.6 is 7.60 Å². The fourth-order valence-electron chi connectivity index (χ4n) is 3.90. The van der Waals surface area contributed by atoms with E-state index in [1.807, 2.05) is 0 Å². The van der Waals surface area contributed by atoms with Gasteiger partial charge in [-0.05, 0) is 66.2 Å². The third-order valence-corrected chi connectivity index (χ3v) is 7.91. The molecule has 0 aliphatic rings. The van der Waals surface area contributed by atoms with E-state index in [1.54, 1.807) is 104 Å². The number of carbonyl (C=O) groups excluding carboxylic acids is 1. The van der Waals surface area contributed by atoms with Gasteiger partial charge in [0.1, 0.15) is 5.75 Å². The molecule has 0 bridgehead atoms. The molecule has 0 saturated heterocycles. The van der Waals surface area contributed by atoms with E-state index >= 15 is 4.57 Å². The quantitative estimate of drug-likeness (QED) is 0.145. The summed E-state index contributed by atoms with van der Waals surface area (Å²) in [5.74, 6) is 0.286. The number of hydrogen-bond acceptors (Lipinski definition) is 9. The molecular formula is C30H30NO8P. The second-order valence-electron chi connectivity index (χ2n) is 8.41. The summed E-state index contributed by atoms with van der Waals surface area (Å²) in [7, 11) is 1.64. The van der Waals surface area contributed by atoms with Crippen LogP contribution in [-0.4, -0.2) is 34.4 Å². The highest BCUT2D eigenvalue weighted by molar-refractivity contribution is 7.55. The molecule has 0 unspecified atom stereocenters. The van der Waals surface area contributed by atoms with Crippen molar-refractivity contribution in [3.63, 3.8) is 0 Å². The van der Waals surface area contributed by atoms with Crippen molar-refractivity contribution < 1.29 is 37.4 Å². The highest BCUT2D eigenvalue weighted by atomic mass is 31.2. The molecule has 208 valence electrons. The molecule has 0 heterocycles. The Morgan fingerprint density at radius 2 is 1.15 bits per heavy atom. The first-order chi connectivity index (χ1) is 19.4. The highest BCUT2D eigenvalue weighted by Crippen LogP contribution is 2.62. The Morgan fingerprint density at radius 1 is 0.650 bits per heavy atom. The van der Waals surface area contributed by atoms with E-state index in [4.69, 9.17) is 28.0 Å². The van der Waals surface area contributed by atoms with E-state index in [2.05, 4.69) is 5.32 Å². The minimum atomic E-state index is -4.22. The van der Waals surface area contributed by atoms with Crippen molar-refractivity contribution in [2.75, 3.05) is 33.8 Å².